The van der Waals surface area contributed by atoms with E-state index in [4.69, 9.17) is 4.52 Å². The number of likely N-dealkylation sites (tertiary alicyclic amines) is 1. The molecule has 1 aliphatic carbocycles. The van der Waals surface area contributed by atoms with Crippen LogP contribution in [-0.2, 0) is 11.2 Å². The van der Waals surface area contributed by atoms with Crippen LogP contribution in [0.25, 0.3) is 0 Å². The molecule has 1 unspecified atom stereocenters. The Morgan fingerprint density at radius 1 is 1.29 bits per heavy atom. The lowest BCUT2D eigenvalue weighted by Crippen LogP contribution is -2.45. The van der Waals surface area contributed by atoms with Gasteiger partial charge in [-0.25, -0.2) is 0 Å². The van der Waals surface area contributed by atoms with Crippen LogP contribution in [0.15, 0.2) is 9.52 Å². The lowest BCUT2D eigenvalue weighted by atomic mass is 9.88. The molecule has 9 heteroatoms. The molecule has 1 aromatic heterocycles. The molecule has 1 saturated carbocycles. The molecule has 0 bridgehead atoms. The summed E-state index contributed by atoms with van der Waals surface area (Å²) in [5.41, 5.74) is 0. The molecule has 0 radical (unpaired) electrons. The van der Waals surface area contributed by atoms with Gasteiger partial charge < -0.3 is 20.1 Å². The fourth-order valence-electron chi connectivity index (χ4n) is 3.96. The number of amides is 1. The van der Waals surface area contributed by atoms with Crippen LogP contribution in [0.2, 0.25) is 0 Å². The first kappa shape index (κ1) is 22.9. The van der Waals surface area contributed by atoms with Crippen molar-refractivity contribution in [3.05, 3.63) is 11.7 Å². The van der Waals surface area contributed by atoms with E-state index in [1.165, 1.54) is 19.3 Å². The number of carbonyl (C=O) groups is 1. The average molecular weight is 504 g/mol. The molecule has 1 atom stereocenters. The van der Waals surface area contributed by atoms with Gasteiger partial charge in [0.2, 0.25) is 11.8 Å². The summed E-state index contributed by atoms with van der Waals surface area (Å²) in [6, 6.07) is 0.266. The van der Waals surface area contributed by atoms with Gasteiger partial charge in [-0.3, -0.25) is 9.79 Å². The Labute approximate surface area is 184 Å². The van der Waals surface area contributed by atoms with Gasteiger partial charge in [0.1, 0.15) is 0 Å². The Balaban J connectivity index is 0.00000280. The van der Waals surface area contributed by atoms with E-state index in [-0.39, 0.29) is 35.9 Å². The van der Waals surface area contributed by atoms with Gasteiger partial charge in [0.25, 0.3) is 0 Å². The highest BCUT2D eigenvalue weighted by Crippen LogP contribution is 2.26. The molecule has 1 saturated heterocycles. The van der Waals surface area contributed by atoms with Crippen LogP contribution < -0.4 is 10.6 Å². The molecule has 0 spiro atoms. The molecule has 3 rings (SSSR count). The first-order valence-electron chi connectivity index (χ1n) is 10.2. The molecule has 8 nitrogen and oxygen atoms in total. The zero-order valence-corrected chi connectivity index (χ0v) is 19.3. The van der Waals surface area contributed by atoms with Crippen molar-refractivity contribution in [2.24, 2.45) is 10.9 Å². The molecule has 2 aliphatic rings. The van der Waals surface area contributed by atoms with Crippen molar-refractivity contribution >= 4 is 35.8 Å². The smallest absolute Gasteiger partial charge is 0.226 e. The zero-order valence-electron chi connectivity index (χ0n) is 16.9. The second-order valence-electron chi connectivity index (χ2n) is 7.59. The van der Waals surface area contributed by atoms with Gasteiger partial charge in [-0.1, -0.05) is 24.4 Å². The topological polar surface area (TPSA) is 95.7 Å². The minimum absolute atomic E-state index is 0. The zero-order chi connectivity index (χ0) is 19.1. The van der Waals surface area contributed by atoms with Crippen LogP contribution in [0.5, 0.6) is 0 Å². The Kier molecular flexibility index (Phi) is 9.46. The standard InChI is InChI=1S/C19H32N6O2.HI/c1-14-22-17(27-24-14)9-6-11-21-19(20-2)23-16-10-12-25(13-16)18(26)15-7-4-3-5-8-15;/h15-16H,3-13H2,1-2H3,(H2,20,21,23);1H. The first-order valence-corrected chi connectivity index (χ1v) is 10.2. The Morgan fingerprint density at radius 3 is 2.75 bits per heavy atom. The normalized spacial score (nSPS) is 20.7. The molecule has 28 heavy (non-hydrogen) atoms. The number of hydrogen-bond donors (Lipinski definition) is 2. The van der Waals surface area contributed by atoms with E-state index in [0.717, 1.165) is 57.7 Å². The van der Waals surface area contributed by atoms with E-state index in [2.05, 4.69) is 25.8 Å². The number of hydrogen-bond acceptors (Lipinski definition) is 5. The summed E-state index contributed by atoms with van der Waals surface area (Å²) < 4.78 is 5.12. The van der Waals surface area contributed by atoms with E-state index in [9.17, 15) is 4.79 Å². The largest absolute Gasteiger partial charge is 0.356 e. The van der Waals surface area contributed by atoms with Gasteiger partial charge in [0.05, 0.1) is 0 Å². The summed E-state index contributed by atoms with van der Waals surface area (Å²) in [5, 5.41) is 10.6. The third-order valence-electron chi connectivity index (χ3n) is 5.45. The predicted octanol–water partition coefficient (Wildman–Crippen LogP) is 2.27. The lowest BCUT2D eigenvalue weighted by Gasteiger charge is -2.26. The monoisotopic (exact) mass is 504 g/mol. The van der Waals surface area contributed by atoms with Crippen molar-refractivity contribution in [2.75, 3.05) is 26.7 Å². The van der Waals surface area contributed by atoms with E-state index >= 15 is 0 Å². The number of nitrogens with one attached hydrogen (secondary N) is 2. The Hall–Kier alpha value is -1.39. The molecule has 158 valence electrons. The molecule has 0 aromatic carbocycles. The summed E-state index contributed by atoms with van der Waals surface area (Å²) in [6.45, 7) is 4.22. The lowest BCUT2D eigenvalue weighted by molar-refractivity contribution is -0.135. The van der Waals surface area contributed by atoms with Crippen molar-refractivity contribution in [3.8, 4) is 0 Å². The maximum absolute atomic E-state index is 12.7. The number of carbonyl (C=O) groups excluding carboxylic acids is 1. The summed E-state index contributed by atoms with van der Waals surface area (Å²) in [5.74, 6) is 2.74. The maximum Gasteiger partial charge on any atom is 0.226 e. The van der Waals surface area contributed by atoms with Crippen molar-refractivity contribution in [2.45, 2.75) is 64.3 Å². The SMILES string of the molecule is CN=C(NCCCc1nc(C)no1)NC1CCN(C(=O)C2CCCCC2)C1.I. The fraction of sp³-hybridized carbons (Fsp3) is 0.789. The summed E-state index contributed by atoms with van der Waals surface area (Å²) in [4.78, 5) is 23.2. The van der Waals surface area contributed by atoms with Crippen molar-refractivity contribution in [1.29, 1.82) is 0 Å². The first-order chi connectivity index (χ1) is 13.2. The highest BCUT2D eigenvalue weighted by atomic mass is 127. The van der Waals surface area contributed by atoms with E-state index in [1.54, 1.807) is 7.05 Å². The highest BCUT2D eigenvalue weighted by Gasteiger charge is 2.31. The van der Waals surface area contributed by atoms with Crippen LogP contribution in [-0.4, -0.2) is 59.6 Å². The summed E-state index contributed by atoms with van der Waals surface area (Å²) in [7, 11) is 1.77. The molecule has 1 aromatic rings. The minimum Gasteiger partial charge on any atom is -0.356 e. The number of guanidine groups is 1. The van der Waals surface area contributed by atoms with Crippen LogP contribution in [0.3, 0.4) is 0 Å². The molecule has 2 heterocycles. The van der Waals surface area contributed by atoms with E-state index in [0.29, 0.717) is 17.6 Å². The number of aromatic nitrogens is 2. The fourth-order valence-corrected chi connectivity index (χ4v) is 3.96. The van der Waals surface area contributed by atoms with Crippen LogP contribution in [0.1, 0.15) is 56.7 Å². The third-order valence-corrected chi connectivity index (χ3v) is 5.45. The molecular weight excluding hydrogens is 471 g/mol. The van der Waals surface area contributed by atoms with E-state index < -0.39 is 0 Å². The van der Waals surface area contributed by atoms with Crippen molar-refractivity contribution < 1.29 is 9.32 Å². The van der Waals surface area contributed by atoms with E-state index in [1.807, 2.05) is 11.8 Å². The minimum atomic E-state index is 0. The molecular formula is C19H33IN6O2. The van der Waals surface area contributed by atoms with Gasteiger partial charge in [-0.15, -0.1) is 24.0 Å². The van der Waals surface area contributed by atoms with Crippen molar-refractivity contribution in [3.63, 3.8) is 0 Å². The molecule has 2 fully saturated rings. The average Bonchev–Trinajstić information content (AvgIpc) is 3.33. The van der Waals surface area contributed by atoms with Crippen molar-refractivity contribution in [1.82, 2.24) is 25.7 Å². The van der Waals surface area contributed by atoms with Gasteiger partial charge in [-0.2, -0.15) is 4.98 Å². The number of aliphatic imine (C=N–C) groups is 1. The second kappa shape index (κ2) is 11.6. The number of halogens is 1. The van der Waals surface area contributed by atoms with Crippen LogP contribution in [0, 0.1) is 12.8 Å². The number of rotatable bonds is 6. The summed E-state index contributed by atoms with van der Waals surface area (Å²) in [6.07, 6.45) is 8.42. The Bertz CT molecular complexity index is 644. The molecule has 2 N–H and O–H groups in total. The second-order valence-corrected chi connectivity index (χ2v) is 7.59. The maximum atomic E-state index is 12.7. The number of aryl methyl sites for hydroxylation is 2. The van der Waals surface area contributed by atoms with Gasteiger partial charge >= 0.3 is 0 Å². The van der Waals surface area contributed by atoms with Gasteiger partial charge in [0, 0.05) is 45.1 Å². The predicted molar refractivity (Wildman–Crippen MR) is 119 cm³/mol. The van der Waals surface area contributed by atoms with Gasteiger partial charge in [0.15, 0.2) is 11.8 Å². The van der Waals surface area contributed by atoms with Crippen LogP contribution in [0.4, 0.5) is 0 Å². The highest BCUT2D eigenvalue weighted by molar-refractivity contribution is 14.0. The third kappa shape index (κ3) is 6.59. The van der Waals surface area contributed by atoms with Crippen LogP contribution >= 0.6 is 24.0 Å². The number of nitrogens with zero attached hydrogens (tertiary/aromatic N) is 4. The quantitative estimate of drug-likeness (QED) is 0.267. The molecule has 1 aliphatic heterocycles. The molecule has 1 amide bonds. The van der Waals surface area contributed by atoms with Gasteiger partial charge in [-0.05, 0) is 32.6 Å². The Morgan fingerprint density at radius 2 is 2.07 bits per heavy atom. The summed E-state index contributed by atoms with van der Waals surface area (Å²) >= 11 is 0.